The van der Waals surface area contributed by atoms with Crippen molar-refractivity contribution in [3.8, 4) is 0 Å². The second-order valence-electron chi connectivity index (χ2n) is 7.67. The third-order valence-electron chi connectivity index (χ3n) is 5.65. The fourth-order valence-electron chi connectivity index (χ4n) is 3.78. The van der Waals surface area contributed by atoms with Gasteiger partial charge in [0.1, 0.15) is 0 Å². The molecule has 0 atom stereocenters. The van der Waals surface area contributed by atoms with Gasteiger partial charge in [0.05, 0.1) is 0 Å². The van der Waals surface area contributed by atoms with Gasteiger partial charge in [-0.3, -0.25) is 0 Å². The van der Waals surface area contributed by atoms with Crippen LogP contribution < -0.4 is 6.64 Å². The summed E-state index contributed by atoms with van der Waals surface area (Å²) < 4.78 is 9.94. The van der Waals surface area contributed by atoms with E-state index in [-0.39, 0.29) is 34.0 Å². The molecule has 0 heterocycles. The van der Waals surface area contributed by atoms with Gasteiger partial charge < -0.3 is 0 Å². The molecule has 0 saturated heterocycles. The van der Waals surface area contributed by atoms with Crippen molar-refractivity contribution in [1.29, 1.82) is 0 Å². The Kier molecular flexibility index (Phi) is 6.12. The Morgan fingerprint density at radius 3 is 1.57 bits per heavy atom. The molecule has 0 unspecified atom stereocenters. The van der Waals surface area contributed by atoms with Crippen LogP contribution >= 0.6 is 34.0 Å². The van der Waals surface area contributed by atoms with E-state index in [2.05, 4.69) is 95.2 Å². The third kappa shape index (κ3) is 3.12. The van der Waals surface area contributed by atoms with Crippen LogP contribution in [0.25, 0.3) is 0 Å². The van der Waals surface area contributed by atoms with Gasteiger partial charge in [-0.15, -0.1) is 34.0 Å². The Hall–Kier alpha value is -0.0330. The molecule has 23 heavy (non-hydrogen) atoms. The minimum absolute atomic E-state index is 0. The number of allylic oxidation sites excluding steroid dienone is 4. The second-order valence-corrected chi connectivity index (χ2v) is 60.3. The molecule has 123 valence electrons. The quantitative estimate of drug-likeness (QED) is 0.444. The number of halogens is 2. The predicted octanol–water partition coefficient (Wildman–Crippen LogP) is 4.51. The first kappa shape index (κ1) is 21.0. The van der Waals surface area contributed by atoms with Crippen molar-refractivity contribution in [3.05, 3.63) is 82.2 Å². The van der Waals surface area contributed by atoms with Crippen LogP contribution in [-0.2, 0) is 15.7 Å². The maximum atomic E-state index is 2.59. The predicted molar refractivity (Wildman–Crippen MR) is 115 cm³/mol. The van der Waals surface area contributed by atoms with Crippen molar-refractivity contribution < 1.29 is 15.7 Å². The van der Waals surface area contributed by atoms with E-state index in [1.54, 1.807) is 9.97 Å². The molecule has 2 aromatic rings. The van der Waals surface area contributed by atoms with Crippen LogP contribution in [0, 0.1) is 0 Å². The SMILES string of the molecule is Br.Br.[CH3][Hf]([CH3])(=[SiH2])([C]1=CC=CC1)([c]1ccccc1)[c]1ccccc1. The normalized spacial score (nSPS) is 16.3. The third-order valence-corrected chi connectivity index (χ3v) is 43.7. The summed E-state index contributed by atoms with van der Waals surface area (Å²) in [5.41, 5.74) is 0. The Labute approximate surface area is 159 Å². The molecule has 0 fully saturated rings. The molecule has 0 nitrogen and oxygen atoms in total. The van der Waals surface area contributed by atoms with Crippen molar-refractivity contribution in [2.75, 3.05) is 0 Å². The number of rotatable bonds is 3. The van der Waals surface area contributed by atoms with Crippen LogP contribution in [-0.4, -0.2) is 6.94 Å². The zero-order valence-corrected chi connectivity index (χ0v) is 22.2. The summed E-state index contributed by atoms with van der Waals surface area (Å²) in [4.78, 5) is 0. The Morgan fingerprint density at radius 2 is 1.22 bits per heavy atom. The monoisotopic (exact) mass is 619 g/mol. The maximum absolute atomic E-state index is 4.04. The molecule has 3 rings (SSSR count). The van der Waals surface area contributed by atoms with Crippen molar-refractivity contribution >= 4 is 47.5 Å². The first-order valence-electron chi connectivity index (χ1n) is 7.64. The van der Waals surface area contributed by atoms with Crippen molar-refractivity contribution in [1.82, 2.24) is 0 Å². The Bertz CT molecular complexity index is 783. The summed E-state index contributed by atoms with van der Waals surface area (Å²) in [5, 5.41) is 0. The minimum atomic E-state index is -4.04. The molecule has 0 radical (unpaired) electrons. The Morgan fingerprint density at radius 1 is 0.783 bits per heavy atom. The fraction of sp³-hybridized carbons (Fsp3) is 0.158. The van der Waals surface area contributed by atoms with Crippen molar-refractivity contribution in [2.45, 2.75) is 15.8 Å². The van der Waals surface area contributed by atoms with Crippen LogP contribution in [0.1, 0.15) is 6.42 Å². The van der Waals surface area contributed by atoms with Crippen LogP contribution in [0.4, 0.5) is 0 Å². The van der Waals surface area contributed by atoms with Crippen LogP contribution in [0.3, 0.4) is 0 Å². The van der Waals surface area contributed by atoms with E-state index in [0.29, 0.717) is 0 Å². The summed E-state index contributed by atoms with van der Waals surface area (Å²) in [7, 11) is 0. The van der Waals surface area contributed by atoms with Gasteiger partial charge in [0.15, 0.2) is 0 Å². The molecule has 4 heteroatoms. The second kappa shape index (κ2) is 6.70. The van der Waals surface area contributed by atoms with Gasteiger partial charge in [0, 0.05) is 0 Å². The van der Waals surface area contributed by atoms with Gasteiger partial charge in [0.25, 0.3) is 0 Å². The van der Waals surface area contributed by atoms with Gasteiger partial charge in [0.2, 0.25) is 0 Å². The van der Waals surface area contributed by atoms with E-state index in [4.69, 9.17) is 0 Å². The van der Waals surface area contributed by atoms with Crippen molar-refractivity contribution in [3.63, 3.8) is 0 Å². The van der Waals surface area contributed by atoms with Gasteiger partial charge in [-0.25, -0.2) is 0 Å². The standard InChI is InChI=1S/2C6H5.C5H5.2CH3.2BrH.Hf.H2Si/c2*1-2-4-6-5-3-1;1-2-4-5-3-1;;;;;;/h2*1-5H;1-3H,4H2;2*1H3;2*1H;;1H2. The van der Waals surface area contributed by atoms with Crippen LogP contribution in [0.5, 0.6) is 0 Å². The van der Waals surface area contributed by atoms with Crippen LogP contribution in [0.15, 0.2) is 82.2 Å². The van der Waals surface area contributed by atoms with Gasteiger partial charge in [-0.1, -0.05) is 0 Å². The molecule has 0 aliphatic heterocycles. The zero-order valence-electron chi connectivity index (χ0n) is 13.7. The van der Waals surface area contributed by atoms with E-state index in [9.17, 15) is 0 Å². The molecule has 0 spiro atoms. The average Bonchev–Trinajstić information content (AvgIpc) is 3.05. The summed E-state index contributed by atoms with van der Waals surface area (Å²) in [6.07, 6.45) is 8.02. The summed E-state index contributed by atoms with van der Waals surface area (Å²) >= 11 is -4.04. The molecule has 0 saturated carbocycles. The first-order valence-corrected chi connectivity index (χ1v) is 28.5. The topological polar surface area (TPSA) is 0 Å². The molecule has 1 aliphatic rings. The van der Waals surface area contributed by atoms with E-state index in [1.165, 1.54) is 0 Å². The number of hydrogen-bond donors (Lipinski definition) is 0. The Balaban J connectivity index is 0.00000132. The van der Waals surface area contributed by atoms with Gasteiger partial charge in [-0.05, 0) is 0 Å². The molecular weight excluding hydrogens is 595 g/mol. The molecule has 0 bridgehead atoms. The molecule has 0 N–H and O–H groups in total. The first-order chi connectivity index (χ1) is 9.88. The van der Waals surface area contributed by atoms with E-state index < -0.39 is 15.7 Å². The van der Waals surface area contributed by atoms with Gasteiger partial charge in [-0.2, -0.15) is 0 Å². The van der Waals surface area contributed by atoms with Gasteiger partial charge >= 0.3 is 127 Å². The number of benzene rings is 2. The van der Waals surface area contributed by atoms with E-state index in [0.717, 1.165) is 6.42 Å². The zero-order chi connectivity index (χ0) is 15.0. The molecule has 2 aromatic carbocycles. The van der Waals surface area contributed by atoms with Crippen molar-refractivity contribution in [2.24, 2.45) is 0 Å². The van der Waals surface area contributed by atoms with E-state index in [1.807, 2.05) is 0 Å². The molecule has 0 amide bonds. The number of hydrogen-bond acceptors (Lipinski definition) is 0. The summed E-state index contributed by atoms with van der Waals surface area (Å²) in [5.74, 6) is 0. The van der Waals surface area contributed by atoms with Crippen LogP contribution in [0.2, 0.25) is 9.36 Å². The summed E-state index contributed by atoms with van der Waals surface area (Å²) in [6, 6.07) is 22.4. The fourth-order valence-corrected chi connectivity index (χ4v) is 29.6. The molecular formula is C19H25Br2HfSi. The summed E-state index contributed by atoms with van der Waals surface area (Å²) in [6.45, 7) is 2.31. The van der Waals surface area contributed by atoms with E-state index >= 15 is 0 Å². The molecule has 0 aromatic heterocycles. The average molecular weight is 620 g/mol. The molecule has 1 aliphatic carbocycles.